The summed E-state index contributed by atoms with van der Waals surface area (Å²) in [5.41, 5.74) is 1.31. The van der Waals surface area contributed by atoms with Crippen molar-refractivity contribution in [1.82, 2.24) is 9.88 Å². The van der Waals surface area contributed by atoms with Crippen molar-refractivity contribution in [3.8, 4) is 5.75 Å². The number of aromatic nitrogens is 1. The highest BCUT2D eigenvalue weighted by atomic mass is 35.5. The van der Waals surface area contributed by atoms with Crippen LogP contribution in [0.15, 0.2) is 42.7 Å². The minimum atomic E-state index is -0.338. The number of rotatable bonds is 6. The van der Waals surface area contributed by atoms with Crippen molar-refractivity contribution in [3.05, 3.63) is 53.3 Å². The molecule has 126 valence electrons. The van der Waals surface area contributed by atoms with E-state index in [2.05, 4.69) is 10.3 Å². The first kappa shape index (κ1) is 17.7. The van der Waals surface area contributed by atoms with Crippen LogP contribution in [0.1, 0.15) is 12.5 Å². The Balaban J connectivity index is 2.06. The molecule has 1 aromatic heterocycles. The maximum atomic E-state index is 12.3. The summed E-state index contributed by atoms with van der Waals surface area (Å²) in [6.45, 7) is 1.65. The Labute approximate surface area is 145 Å². The molecule has 2 aromatic rings. The number of carbonyl (C=O) groups is 2. The number of ether oxygens (including phenoxy) is 1. The first-order chi connectivity index (χ1) is 11.5. The zero-order valence-corrected chi connectivity index (χ0v) is 14.2. The zero-order valence-electron chi connectivity index (χ0n) is 13.5. The number of anilines is 1. The Morgan fingerprint density at radius 1 is 1.33 bits per heavy atom. The van der Waals surface area contributed by atoms with E-state index in [-0.39, 0.29) is 18.4 Å². The van der Waals surface area contributed by atoms with E-state index in [0.717, 1.165) is 5.56 Å². The molecule has 0 unspecified atom stereocenters. The van der Waals surface area contributed by atoms with Gasteiger partial charge in [0.05, 0.1) is 12.8 Å². The van der Waals surface area contributed by atoms with Crippen molar-refractivity contribution in [1.29, 1.82) is 0 Å². The maximum absolute atomic E-state index is 12.3. The van der Waals surface area contributed by atoms with Crippen LogP contribution >= 0.6 is 11.6 Å². The van der Waals surface area contributed by atoms with Crippen molar-refractivity contribution in [2.45, 2.75) is 13.5 Å². The van der Waals surface area contributed by atoms with Crippen molar-refractivity contribution in [2.75, 3.05) is 19.0 Å². The molecule has 0 aliphatic rings. The highest BCUT2D eigenvalue weighted by Gasteiger charge is 2.16. The average Bonchev–Trinajstić information content (AvgIpc) is 2.55. The number of pyridine rings is 1. The number of nitrogens with one attached hydrogen (secondary N) is 1. The summed E-state index contributed by atoms with van der Waals surface area (Å²) in [6, 6.07) is 8.56. The highest BCUT2D eigenvalue weighted by molar-refractivity contribution is 6.31. The standard InChI is InChI=1S/C17H18ClN3O3/c1-12(22)21(10-13-4-3-7-19-9-13)11-17(23)20-15-8-14(18)5-6-16(15)24-2/h3-9H,10-11H2,1-2H3,(H,20,23). The molecular formula is C17H18ClN3O3. The summed E-state index contributed by atoms with van der Waals surface area (Å²) in [4.78, 5) is 29.5. The van der Waals surface area contributed by atoms with E-state index < -0.39 is 0 Å². The lowest BCUT2D eigenvalue weighted by Crippen LogP contribution is -2.36. The zero-order chi connectivity index (χ0) is 17.5. The van der Waals surface area contributed by atoms with Crippen LogP contribution in [-0.2, 0) is 16.1 Å². The molecule has 0 bridgehead atoms. The third-order valence-electron chi connectivity index (χ3n) is 3.31. The van der Waals surface area contributed by atoms with Crippen LogP contribution in [0.2, 0.25) is 5.02 Å². The molecule has 1 aromatic carbocycles. The van der Waals surface area contributed by atoms with Gasteiger partial charge in [-0.25, -0.2) is 0 Å². The number of hydrogen-bond donors (Lipinski definition) is 1. The first-order valence-electron chi connectivity index (χ1n) is 7.27. The second-order valence-corrected chi connectivity index (χ2v) is 5.57. The minimum absolute atomic E-state index is 0.0834. The Morgan fingerprint density at radius 3 is 2.75 bits per heavy atom. The Hall–Kier alpha value is -2.60. The van der Waals surface area contributed by atoms with Crippen molar-refractivity contribution >= 4 is 29.1 Å². The average molecular weight is 348 g/mol. The van der Waals surface area contributed by atoms with Gasteiger partial charge in [0.1, 0.15) is 12.3 Å². The second kappa shape index (κ2) is 8.31. The molecule has 6 nitrogen and oxygen atoms in total. The van der Waals surface area contributed by atoms with Crippen LogP contribution in [0.3, 0.4) is 0 Å². The summed E-state index contributed by atoms with van der Waals surface area (Å²) in [7, 11) is 1.50. The Morgan fingerprint density at radius 2 is 2.12 bits per heavy atom. The van der Waals surface area contributed by atoms with E-state index in [0.29, 0.717) is 23.0 Å². The molecule has 0 saturated carbocycles. The number of hydrogen-bond acceptors (Lipinski definition) is 4. The monoisotopic (exact) mass is 347 g/mol. The molecule has 0 aliphatic heterocycles. The molecule has 2 amide bonds. The van der Waals surface area contributed by atoms with Crippen LogP contribution in [0.4, 0.5) is 5.69 Å². The van der Waals surface area contributed by atoms with Crippen LogP contribution in [-0.4, -0.2) is 35.4 Å². The van der Waals surface area contributed by atoms with E-state index in [1.807, 2.05) is 6.07 Å². The Bertz CT molecular complexity index is 722. The first-order valence-corrected chi connectivity index (χ1v) is 7.65. The van der Waals surface area contributed by atoms with Gasteiger partial charge in [0.25, 0.3) is 0 Å². The quantitative estimate of drug-likeness (QED) is 0.872. The fraction of sp³-hybridized carbons (Fsp3) is 0.235. The summed E-state index contributed by atoms with van der Waals surface area (Å²) in [5.74, 6) is -0.0453. The molecule has 0 fully saturated rings. The van der Waals surface area contributed by atoms with E-state index in [1.165, 1.54) is 18.9 Å². The summed E-state index contributed by atoms with van der Waals surface area (Å²) in [6.07, 6.45) is 3.31. The van der Waals surface area contributed by atoms with Gasteiger partial charge in [-0.1, -0.05) is 17.7 Å². The maximum Gasteiger partial charge on any atom is 0.244 e. The lowest BCUT2D eigenvalue weighted by Gasteiger charge is -2.21. The van der Waals surface area contributed by atoms with Crippen LogP contribution < -0.4 is 10.1 Å². The smallest absolute Gasteiger partial charge is 0.244 e. The number of amides is 2. The van der Waals surface area contributed by atoms with Crippen molar-refractivity contribution < 1.29 is 14.3 Å². The van der Waals surface area contributed by atoms with Gasteiger partial charge < -0.3 is 15.0 Å². The third-order valence-corrected chi connectivity index (χ3v) is 3.55. The van der Waals surface area contributed by atoms with E-state index in [9.17, 15) is 9.59 Å². The predicted molar refractivity (Wildman–Crippen MR) is 92.0 cm³/mol. The lowest BCUT2D eigenvalue weighted by atomic mass is 10.2. The molecule has 1 N–H and O–H groups in total. The predicted octanol–water partition coefficient (Wildman–Crippen LogP) is 2.73. The lowest BCUT2D eigenvalue weighted by molar-refractivity contribution is -0.133. The number of halogens is 1. The van der Waals surface area contributed by atoms with Crippen LogP contribution in [0.25, 0.3) is 0 Å². The molecule has 24 heavy (non-hydrogen) atoms. The van der Waals surface area contributed by atoms with Gasteiger partial charge in [-0.3, -0.25) is 14.6 Å². The van der Waals surface area contributed by atoms with Gasteiger partial charge in [0.15, 0.2) is 0 Å². The molecule has 0 radical (unpaired) electrons. The molecule has 0 aliphatic carbocycles. The largest absolute Gasteiger partial charge is 0.495 e. The minimum Gasteiger partial charge on any atom is -0.495 e. The fourth-order valence-electron chi connectivity index (χ4n) is 2.13. The summed E-state index contributed by atoms with van der Waals surface area (Å²) in [5, 5.41) is 3.19. The van der Waals surface area contributed by atoms with Gasteiger partial charge in [-0.2, -0.15) is 0 Å². The molecule has 1 heterocycles. The second-order valence-electron chi connectivity index (χ2n) is 5.13. The van der Waals surface area contributed by atoms with Crippen LogP contribution in [0.5, 0.6) is 5.75 Å². The van der Waals surface area contributed by atoms with Gasteiger partial charge in [-0.15, -0.1) is 0 Å². The topological polar surface area (TPSA) is 71.5 Å². The normalized spacial score (nSPS) is 10.1. The molecule has 0 spiro atoms. The molecular weight excluding hydrogens is 330 g/mol. The number of benzene rings is 1. The number of nitrogens with zero attached hydrogens (tertiary/aromatic N) is 2. The van der Waals surface area contributed by atoms with Gasteiger partial charge in [0, 0.05) is 30.9 Å². The highest BCUT2D eigenvalue weighted by Crippen LogP contribution is 2.27. The molecule has 0 saturated heterocycles. The van der Waals surface area contributed by atoms with Crippen molar-refractivity contribution in [2.24, 2.45) is 0 Å². The number of carbonyl (C=O) groups excluding carboxylic acids is 2. The van der Waals surface area contributed by atoms with E-state index >= 15 is 0 Å². The fourth-order valence-corrected chi connectivity index (χ4v) is 2.30. The molecule has 7 heteroatoms. The van der Waals surface area contributed by atoms with Crippen LogP contribution in [0, 0.1) is 0 Å². The summed E-state index contributed by atoms with van der Waals surface area (Å²) >= 11 is 5.94. The van der Waals surface area contributed by atoms with Gasteiger partial charge in [0.2, 0.25) is 11.8 Å². The summed E-state index contributed by atoms with van der Waals surface area (Å²) < 4.78 is 5.19. The number of methoxy groups -OCH3 is 1. The van der Waals surface area contributed by atoms with Crippen molar-refractivity contribution in [3.63, 3.8) is 0 Å². The van der Waals surface area contributed by atoms with Gasteiger partial charge >= 0.3 is 0 Å². The van der Waals surface area contributed by atoms with Gasteiger partial charge in [-0.05, 0) is 29.8 Å². The van der Waals surface area contributed by atoms with E-state index in [1.54, 1.807) is 36.7 Å². The SMILES string of the molecule is COc1ccc(Cl)cc1NC(=O)CN(Cc1cccnc1)C(C)=O. The molecule has 2 rings (SSSR count). The molecule has 0 atom stereocenters. The Kier molecular flexibility index (Phi) is 6.14. The third kappa shape index (κ3) is 4.96. The van der Waals surface area contributed by atoms with E-state index in [4.69, 9.17) is 16.3 Å².